The highest BCUT2D eigenvalue weighted by molar-refractivity contribution is 6.02. The second kappa shape index (κ2) is 3.65. The van der Waals surface area contributed by atoms with E-state index in [0.29, 0.717) is 0 Å². The number of nitrogens with zero attached hydrogens (tertiary/aromatic N) is 3. The Morgan fingerprint density at radius 3 is 2.56 bits per heavy atom. The molecule has 1 fully saturated rings. The van der Waals surface area contributed by atoms with Crippen LogP contribution < -0.4 is 11.3 Å². The van der Waals surface area contributed by atoms with Gasteiger partial charge in [-0.25, -0.2) is 15.2 Å². The van der Waals surface area contributed by atoms with Gasteiger partial charge in [-0.1, -0.05) is 0 Å². The number of hydrogen-bond acceptors (Lipinski definition) is 5. The summed E-state index contributed by atoms with van der Waals surface area (Å²) in [7, 11) is 0. The molecule has 1 saturated heterocycles. The smallest absolute Gasteiger partial charge is 0.286 e. The molecule has 0 aliphatic carbocycles. The zero-order valence-corrected chi connectivity index (χ0v) is 8.21. The number of amides is 3. The highest BCUT2D eigenvalue weighted by atomic mass is 16.2. The van der Waals surface area contributed by atoms with Crippen molar-refractivity contribution in [2.45, 2.75) is 12.8 Å². The summed E-state index contributed by atoms with van der Waals surface area (Å²) in [6.07, 6.45) is 3.04. The number of rotatable bonds is 3. The van der Waals surface area contributed by atoms with E-state index < -0.39 is 5.91 Å². The van der Waals surface area contributed by atoms with E-state index >= 15 is 0 Å². The number of imidazole rings is 1. The third kappa shape index (κ3) is 1.60. The molecular weight excluding hydrogens is 214 g/mol. The molecule has 0 saturated carbocycles. The zero-order chi connectivity index (χ0) is 11.7. The standard InChI is InChI=1S/C8H9N5O3/c9-7(16)8-10-3-4-12(8)11-13-5(14)1-2-6(13)15/h3-4,11H,1-2H2,(H2,9,16). The van der Waals surface area contributed by atoms with Crippen molar-refractivity contribution in [1.82, 2.24) is 14.7 Å². The van der Waals surface area contributed by atoms with E-state index in [-0.39, 0.29) is 30.5 Å². The van der Waals surface area contributed by atoms with Crippen molar-refractivity contribution in [3.8, 4) is 0 Å². The predicted molar refractivity (Wildman–Crippen MR) is 51.2 cm³/mol. The number of primary amides is 1. The normalized spacial score (nSPS) is 15.6. The molecule has 0 bridgehead atoms. The minimum atomic E-state index is -0.753. The topological polar surface area (TPSA) is 110 Å². The Hall–Kier alpha value is -2.38. The van der Waals surface area contributed by atoms with E-state index in [0.717, 1.165) is 9.69 Å². The molecule has 0 atom stereocenters. The van der Waals surface area contributed by atoms with Gasteiger partial charge in [0.2, 0.25) is 17.6 Å². The van der Waals surface area contributed by atoms with E-state index in [9.17, 15) is 14.4 Å². The van der Waals surface area contributed by atoms with E-state index in [4.69, 9.17) is 5.73 Å². The van der Waals surface area contributed by atoms with Crippen molar-refractivity contribution in [3.63, 3.8) is 0 Å². The highest BCUT2D eigenvalue weighted by Crippen LogP contribution is 2.10. The minimum absolute atomic E-state index is 0.0764. The first-order valence-electron chi connectivity index (χ1n) is 4.55. The van der Waals surface area contributed by atoms with Crippen molar-refractivity contribution in [3.05, 3.63) is 18.2 Å². The van der Waals surface area contributed by atoms with Crippen molar-refractivity contribution in [2.24, 2.45) is 5.73 Å². The van der Waals surface area contributed by atoms with Gasteiger partial charge in [0.15, 0.2) is 0 Å². The maximum absolute atomic E-state index is 11.3. The second-order valence-corrected chi connectivity index (χ2v) is 3.21. The zero-order valence-electron chi connectivity index (χ0n) is 8.21. The van der Waals surface area contributed by atoms with E-state index in [1.807, 2.05) is 0 Å². The van der Waals surface area contributed by atoms with Crippen LogP contribution in [-0.2, 0) is 9.59 Å². The molecule has 2 rings (SSSR count). The van der Waals surface area contributed by atoms with E-state index in [1.165, 1.54) is 12.4 Å². The quantitative estimate of drug-likeness (QED) is 0.611. The van der Waals surface area contributed by atoms with Crippen LogP contribution >= 0.6 is 0 Å². The van der Waals surface area contributed by atoms with E-state index in [1.54, 1.807) is 0 Å². The number of carbonyl (C=O) groups excluding carboxylic acids is 3. The van der Waals surface area contributed by atoms with Crippen LogP contribution in [0, 0.1) is 0 Å². The largest absolute Gasteiger partial charge is 0.363 e. The first-order chi connectivity index (χ1) is 7.59. The van der Waals surface area contributed by atoms with Crippen molar-refractivity contribution in [1.29, 1.82) is 0 Å². The highest BCUT2D eigenvalue weighted by Gasteiger charge is 2.30. The average Bonchev–Trinajstić information content (AvgIpc) is 2.80. The third-order valence-electron chi connectivity index (χ3n) is 2.12. The fraction of sp³-hybridized carbons (Fsp3) is 0.250. The molecule has 8 heteroatoms. The lowest BCUT2D eigenvalue weighted by atomic mass is 10.4. The van der Waals surface area contributed by atoms with E-state index in [2.05, 4.69) is 10.5 Å². The van der Waals surface area contributed by atoms with Crippen molar-refractivity contribution in [2.75, 3.05) is 5.53 Å². The number of nitrogens with two attached hydrogens (primary N) is 1. The van der Waals surface area contributed by atoms with Gasteiger partial charge in [-0.05, 0) is 0 Å². The van der Waals surface area contributed by atoms with Crippen LogP contribution in [0.25, 0.3) is 0 Å². The molecule has 16 heavy (non-hydrogen) atoms. The van der Waals surface area contributed by atoms with Crippen molar-refractivity contribution < 1.29 is 14.4 Å². The molecule has 3 amide bonds. The Kier molecular flexibility index (Phi) is 2.31. The lowest BCUT2D eigenvalue weighted by Crippen LogP contribution is -2.41. The Morgan fingerprint density at radius 2 is 2.00 bits per heavy atom. The summed E-state index contributed by atoms with van der Waals surface area (Å²) in [5, 5.41) is 0.841. The van der Waals surface area contributed by atoms with Gasteiger partial charge in [-0.3, -0.25) is 14.4 Å². The molecule has 2 heterocycles. The van der Waals surface area contributed by atoms with Gasteiger partial charge in [-0.2, -0.15) is 5.01 Å². The lowest BCUT2D eigenvalue weighted by molar-refractivity contribution is -0.137. The Bertz CT molecular complexity index is 450. The fourth-order valence-electron chi connectivity index (χ4n) is 1.36. The summed E-state index contributed by atoms with van der Waals surface area (Å²) >= 11 is 0. The number of aromatic nitrogens is 2. The Labute approximate surface area is 90.0 Å². The van der Waals surface area contributed by atoms with Crippen LogP contribution in [0.5, 0.6) is 0 Å². The summed E-state index contributed by atoms with van der Waals surface area (Å²) in [5.41, 5.74) is 7.51. The molecular formula is C8H9N5O3. The molecule has 1 aromatic heterocycles. The molecule has 0 spiro atoms. The van der Waals surface area contributed by atoms with Gasteiger partial charge in [0.1, 0.15) is 0 Å². The lowest BCUT2D eigenvalue weighted by Gasteiger charge is -2.17. The summed E-state index contributed by atoms with van der Waals surface area (Å²) in [6, 6.07) is 0. The molecule has 84 valence electrons. The van der Waals surface area contributed by atoms with Gasteiger partial charge in [0.25, 0.3) is 5.91 Å². The number of imide groups is 1. The predicted octanol–water partition coefficient (Wildman–Crippen LogP) is -1.41. The Morgan fingerprint density at radius 1 is 1.38 bits per heavy atom. The van der Waals surface area contributed by atoms with Crippen molar-refractivity contribution >= 4 is 17.7 Å². The molecule has 0 unspecified atom stereocenters. The molecule has 8 nitrogen and oxygen atoms in total. The molecule has 1 aliphatic heterocycles. The maximum atomic E-state index is 11.3. The second-order valence-electron chi connectivity index (χ2n) is 3.21. The monoisotopic (exact) mass is 223 g/mol. The van der Waals surface area contributed by atoms with Gasteiger partial charge < -0.3 is 5.73 Å². The van der Waals surface area contributed by atoms with Crippen LogP contribution in [0.3, 0.4) is 0 Å². The van der Waals surface area contributed by atoms with Crippen LogP contribution in [0.1, 0.15) is 23.5 Å². The molecule has 0 aromatic carbocycles. The number of carbonyl (C=O) groups is 3. The summed E-state index contributed by atoms with van der Waals surface area (Å²) in [5.74, 6) is -1.53. The van der Waals surface area contributed by atoms with Crippen LogP contribution in [0.2, 0.25) is 0 Å². The summed E-state index contributed by atoms with van der Waals surface area (Å²) in [4.78, 5) is 37.2. The number of hydrazine groups is 1. The summed E-state index contributed by atoms with van der Waals surface area (Å²) in [6.45, 7) is 0. The molecule has 1 aromatic rings. The van der Waals surface area contributed by atoms with Crippen LogP contribution in [0.15, 0.2) is 12.4 Å². The first-order valence-corrected chi connectivity index (χ1v) is 4.55. The minimum Gasteiger partial charge on any atom is -0.363 e. The molecule has 1 aliphatic rings. The van der Waals surface area contributed by atoms with Gasteiger partial charge >= 0.3 is 0 Å². The SMILES string of the molecule is NC(=O)c1nccn1NN1C(=O)CCC1=O. The maximum Gasteiger partial charge on any atom is 0.286 e. The van der Waals surface area contributed by atoms with Crippen LogP contribution in [-0.4, -0.2) is 32.4 Å². The molecule has 0 radical (unpaired) electrons. The van der Waals surface area contributed by atoms with Gasteiger partial charge in [0, 0.05) is 25.2 Å². The van der Waals surface area contributed by atoms with Crippen LogP contribution in [0.4, 0.5) is 0 Å². The van der Waals surface area contributed by atoms with Gasteiger partial charge in [-0.15, -0.1) is 0 Å². The number of nitrogens with one attached hydrogen (secondary N) is 1. The molecule has 3 N–H and O–H groups in total. The average molecular weight is 223 g/mol. The van der Waals surface area contributed by atoms with Gasteiger partial charge in [0.05, 0.1) is 0 Å². The Balaban J connectivity index is 2.20. The first kappa shape index (κ1) is 10.1. The number of hydrogen-bond donors (Lipinski definition) is 2. The third-order valence-corrected chi connectivity index (χ3v) is 2.12. The summed E-state index contributed by atoms with van der Waals surface area (Å²) < 4.78 is 1.13. The fourth-order valence-corrected chi connectivity index (χ4v) is 1.36.